The number of nitrogens with zero attached hydrogens (tertiary/aromatic N) is 1. The number of ether oxygens (including phenoxy) is 3. The standard InChI is InChI=1S/C18H23NO6/c1-12(20)22-11-17-18(24-13(2)21)16-8-15(10-23-17)25-19(16)9-14-6-4-3-5-7-14/h3-7,15-18H,8-11H2,1-2H3/t15-,16+,17+,18-/m0/s1. The second kappa shape index (κ2) is 7.95. The van der Waals surface area contributed by atoms with E-state index in [1.165, 1.54) is 13.8 Å². The van der Waals surface area contributed by atoms with Gasteiger partial charge in [-0.15, -0.1) is 0 Å². The van der Waals surface area contributed by atoms with Gasteiger partial charge in [-0.3, -0.25) is 14.4 Å². The lowest BCUT2D eigenvalue weighted by Crippen LogP contribution is -2.50. The summed E-state index contributed by atoms with van der Waals surface area (Å²) in [5.41, 5.74) is 1.10. The monoisotopic (exact) mass is 349 g/mol. The van der Waals surface area contributed by atoms with Crippen molar-refractivity contribution < 1.29 is 28.6 Å². The van der Waals surface area contributed by atoms with Crippen LogP contribution in [0.4, 0.5) is 0 Å². The van der Waals surface area contributed by atoms with Crippen LogP contribution < -0.4 is 0 Å². The summed E-state index contributed by atoms with van der Waals surface area (Å²) in [4.78, 5) is 28.7. The van der Waals surface area contributed by atoms with Gasteiger partial charge in [-0.25, -0.2) is 0 Å². The SMILES string of the molecule is CC(=O)OC[C@H]1OC[C@@H]2C[C@H]([C@@H]1OC(C)=O)N(Cc1ccccc1)O2. The number of carbonyl (C=O) groups excluding carboxylic acids is 2. The average Bonchev–Trinajstić information content (AvgIpc) is 2.87. The van der Waals surface area contributed by atoms with Crippen LogP contribution in [-0.4, -0.2) is 54.6 Å². The number of hydrogen-bond acceptors (Lipinski definition) is 7. The number of fused-ring (bicyclic) bond motifs is 2. The molecule has 3 rings (SSSR count). The van der Waals surface area contributed by atoms with E-state index in [0.717, 1.165) is 5.56 Å². The Kier molecular flexibility index (Phi) is 5.67. The van der Waals surface area contributed by atoms with Crippen molar-refractivity contribution in [2.24, 2.45) is 0 Å². The van der Waals surface area contributed by atoms with Crippen molar-refractivity contribution in [1.82, 2.24) is 5.06 Å². The summed E-state index contributed by atoms with van der Waals surface area (Å²) in [5, 5.41) is 1.86. The fourth-order valence-corrected chi connectivity index (χ4v) is 3.28. The summed E-state index contributed by atoms with van der Waals surface area (Å²) < 4.78 is 16.4. The zero-order valence-corrected chi connectivity index (χ0v) is 14.4. The number of esters is 2. The molecule has 2 heterocycles. The Morgan fingerprint density at radius 3 is 2.64 bits per heavy atom. The summed E-state index contributed by atoms with van der Waals surface area (Å²) in [5.74, 6) is -0.789. The quantitative estimate of drug-likeness (QED) is 0.745. The Morgan fingerprint density at radius 2 is 1.96 bits per heavy atom. The van der Waals surface area contributed by atoms with Gasteiger partial charge in [-0.2, -0.15) is 5.06 Å². The van der Waals surface area contributed by atoms with E-state index in [9.17, 15) is 9.59 Å². The van der Waals surface area contributed by atoms with Crippen LogP contribution in [0.5, 0.6) is 0 Å². The Morgan fingerprint density at radius 1 is 1.20 bits per heavy atom. The van der Waals surface area contributed by atoms with Crippen molar-refractivity contribution in [1.29, 1.82) is 0 Å². The molecule has 0 unspecified atom stereocenters. The summed E-state index contributed by atoms with van der Waals surface area (Å²) >= 11 is 0. The van der Waals surface area contributed by atoms with Crippen LogP contribution in [0.1, 0.15) is 25.8 Å². The highest BCUT2D eigenvalue weighted by Crippen LogP contribution is 2.32. The molecule has 1 aromatic rings. The third-order valence-electron chi connectivity index (χ3n) is 4.33. The van der Waals surface area contributed by atoms with E-state index in [4.69, 9.17) is 19.0 Å². The van der Waals surface area contributed by atoms with Crippen molar-refractivity contribution in [2.75, 3.05) is 13.2 Å². The summed E-state index contributed by atoms with van der Waals surface area (Å²) in [6.45, 7) is 3.71. The van der Waals surface area contributed by atoms with Crippen LogP contribution in [-0.2, 0) is 35.2 Å². The fourth-order valence-electron chi connectivity index (χ4n) is 3.28. The number of carbonyl (C=O) groups is 2. The molecule has 0 spiro atoms. The molecular formula is C18H23NO6. The maximum absolute atomic E-state index is 11.6. The Balaban J connectivity index is 1.77. The number of benzene rings is 1. The number of rotatable bonds is 5. The zero-order chi connectivity index (χ0) is 17.8. The minimum absolute atomic E-state index is 0.0513. The van der Waals surface area contributed by atoms with Crippen LogP contribution >= 0.6 is 0 Å². The van der Waals surface area contributed by atoms with Crippen molar-refractivity contribution in [3.05, 3.63) is 35.9 Å². The van der Waals surface area contributed by atoms with Crippen LogP contribution in [0.2, 0.25) is 0 Å². The first-order valence-electron chi connectivity index (χ1n) is 8.42. The number of hydroxylamine groups is 2. The van der Waals surface area contributed by atoms with E-state index in [0.29, 0.717) is 19.6 Å². The third kappa shape index (κ3) is 4.56. The van der Waals surface area contributed by atoms with E-state index in [1.54, 1.807) is 0 Å². The Bertz CT molecular complexity index is 607. The van der Waals surface area contributed by atoms with Crippen molar-refractivity contribution >= 4 is 11.9 Å². The molecule has 0 N–H and O–H groups in total. The van der Waals surface area contributed by atoms with Crippen molar-refractivity contribution in [3.63, 3.8) is 0 Å². The molecule has 2 aliphatic heterocycles. The molecule has 4 atom stereocenters. The van der Waals surface area contributed by atoms with Gasteiger partial charge in [-0.1, -0.05) is 30.3 Å². The first kappa shape index (κ1) is 17.8. The topological polar surface area (TPSA) is 74.3 Å². The van der Waals surface area contributed by atoms with Gasteiger partial charge < -0.3 is 14.2 Å². The van der Waals surface area contributed by atoms with Gasteiger partial charge in [0.15, 0.2) is 0 Å². The molecule has 2 saturated heterocycles. The lowest BCUT2D eigenvalue weighted by molar-refractivity contribution is -0.235. The third-order valence-corrected chi connectivity index (χ3v) is 4.33. The minimum Gasteiger partial charge on any atom is -0.463 e. The Labute approximate surface area is 146 Å². The van der Waals surface area contributed by atoms with Crippen LogP contribution in [0.15, 0.2) is 30.3 Å². The molecule has 0 aliphatic carbocycles. The molecule has 136 valence electrons. The predicted octanol–water partition coefficient (Wildman–Crippen LogP) is 1.45. The molecule has 2 bridgehead atoms. The molecule has 0 aromatic heterocycles. The predicted molar refractivity (Wildman–Crippen MR) is 87.2 cm³/mol. The van der Waals surface area contributed by atoms with Crippen molar-refractivity contribution in [3.8, 4) is 0 Å². The maximum atomic E-state index is 11.6. The largest absolute Gasteiger partial charge is 0.463 e. The minimum atomic E-state index is -0.562. The Hall–Kier alpha value is -1.96. The normalized spacial score (nSPS) is 29.0. The molecule has 2 aliphatic rings. The first-order valence-corrected chi connectivity index (χ1v) is 8.42. The maximum Gasteiger partial charge on any atom is 0.303 e. The van der Waals surface area contributed by atoms with Gasteiger partial charge in [0.2, 0.25) is 0 Å². The molecule has 0 radical (unpaired) electrons. The fraction of sp³-hybridized carbons (Fsp3) is 0.556. The lowest BCUT2D eigenvalue weighted by atomic mass is 10.0. The molecule has 1 aromatic carbocycles. The van der Waals surface area contributed by atoms with Crippen molar-refractivity contribution in [2.45, 2.75) is 51.2 Å². The molecule has 0 saturated carbocycles. The molecule has 7 nitrogen and oxygen atoms in total. The highest BCUT2D eigenvalue weighted by molar-refractivity contribution is 5.66. The summed E-state index contributed by atoms with van der Waals surface area (Å²) in [7, 11) is 0. The highest BCUT2D eigenvalue weighted by atomic mass is 16.7. The van der Waals surface area contributed by atoms with Gasteiger partial charge in [0, 0.05) is 20.4 Å². The van der Waals surface area contributed by atoms with Gasteiger partial charge in [0.25, 0.3) is 0 Å². The van der Waals surface area contributed by atoms with E-state index in [1.807, 2.05) is 35.4 Å². The molecule has 2 fully saturated rings. The van der Waals surface area contributed by atoms with Crippen LogP contribution in [0.25, 0.3) is 0 Å². The highest BCUT2D eigenvalue weighted by Gasteiger charge is 2.47. The van der Waals surface area contributed by atoms with Gasteiger partial charge in [0.05, 0.1) is 12.6 Å². The second-order valence-electron chi connectivity index (χ2n) is 6.34. The van der Waals surface area contributed by atoms with E-state index in [-0.39, 0.29) is 18.8 Å². The van der Waals surface area contributed by atoms with Gasteiger partial charge in [-0.05, 0) is 12.0 Å². The molecular weight excluding hydrogens is 326 g/mol. The first-order chi connectivity index (χ1) is 12.0. The lowest BCUT2D eigenvalue weighted by Gasteiger charge is -2.34. The average molecular weight is 349 g/mol. The molecule has 7 heteroatoms. The summed E-state index contributed by atoms with van der Waals surface area (Å²) in [6, 6.07) is 9.79. The van der Waals surface area contributed by atoms with Crippen LogP contribution in [0, 0.1) is 0 Å². The second-order valence-corrected chi connectivity index (χ2v) is 6.34. The smallest absolute Gasteiger partial charge is 0.303 e. The van der Waals surface area contributed by atoms with E-state index < -0.39 is 24.1 Å². The van der Waals surface area contributed by atoms with Gasteiger partial charge in [0.1, 0.15) is 24.9 Å². The van der Waals surface area contributed by atoms with Gasteiger partial charge >= 0.3 is 11.9 Å². The molecule has 25 heavy (non-hydrogen) atoms. The van der Waals surface area contributed by atoms with E-state index >= 15 is 0 Å². The number of hydrogen-bond donors (Lipinski definition) is 0. The summed E-state index contributed by atoms with van der Waals surface area (Å²) in [6.07, 6.45) is -0.478. The zero-order valence-electron chi connectivity index (χ0n) is 14.4. The molecule has 0 amide bonds. The van der Waals surface area contributed by atoms with Crippen LogP contribution in [0.3, 0.4) is 0 Å². The van der Waals surface area contributed by atoms with E-state index in [2.05, 4.69) is 0 Å².